The second kappa shape index (κ2) is 5.51. The molecule has 6 heteroatoms. The van der Waals surface area contributed by atoms with Gasteiger partial charge in [0.1, 0.15) is 23.0 Å². The van der Waals surface area contributed by atoms with E-state index in [1.807, 2.05) is 0 Å². The molecule has 1 fully saturated rings. The number of likely N-dealkylation sites (tertiary alicyclic amines) is 1. The molecular weight excluding hydrogens is 238 g/mol. The van der Waals surface area contributed by atoms with Crippen LogP contribution in [0.15, 0.2) is 6.33 Å². The van der Waals surface area contributed by atoms with Crippen LogP contribution in [0.25, 0.3) is 0 Å². The van der Waals surface area contributed by atoms with E-state index in [4.69, 9.17) is 17.3 Å². The first kappa shape index (κ1) is 12.4. The minimum atomic E-state index is 0.326. The maximum absolute atomic E-state index is 6.01. The topological polar surface area (TPSA) is 67.1 Å². The molecule has 5 nitrogen and oxygen atoms in total. The molecule has 0 spiro atoms. The summed E-state index contributed by atoms with van der Waals surface area (Å²) in [6.45, 7) is 3.21. The number of hydrogen-bond acceptors (Lipinski definition) is 5. The van der Waals surface area contributed by atoms with E-state index in [1.54, 1.807) is 0 Å². The molecule has 17 heavy (non-hydrogen) atoms. The summed E-state index contributed by atoms with van der Waals surface area (Å²) in [6.07, 6.45) is 3.85. The van der Waals surface area contributed by atoms with E-state index in [-0.39, 0.29) is 0 Å². The molecule has 0 aromatic carbocycles. The lowest BCUT2D eigenvalue weighted by Crippen LogP contribution is -2.33. The van der Waals surface area contributed by atoms with E-state index in [2.05, 4.69) is 27.2 Å². The summed E-state index contributed by atoms with van der Waals surface area (Å²) in [7, 11) is 2.16. The van der Waals surface area contributed by atoms with Gasteiger partial charge in [0.15, 0.2) is 0 Å². The molecule has 0 unspecified atom stereocenters. The Balaban J connectivity index is 1.87. The molecule has 1 aliphatic heterocycles. The third kappa shape index (κ3) is 3.20. The van der Waals surface area contributed by atoms with Gasteiger partial charge in [0, 0.05) is 6.54 Å². The van der Waals surface area contributed by atoms with Crippen molar-refractivity contribution in [2.24, 2.45) is 5.92 Å². The van der Waals surface area contributed by atoms with Crippen molar-refractivity contribution in [1.82, 2.24) is 14.9 Å². The predicted octanol–water partition coefficient (Wildman–Crippen LogP) is 1.47. The van der Waals surface area contributed by atoms with Crippen LogP contribution < -0.4 is 11.1 Å². The summed E-state index contributed by atoms with van der Waals surface area (Å²) in [4.78, 5) is 10.3. The molecule has 2 rings (SSSR count). The highest BCUT2D eigenvalue weighted by Gasteiger charge is 2.17. The van der Waals surface area contributed by atoms with Crippen molar-refractivity contribution >= 4 is 23.2 Å². The second-order valence-electron chi connectivity index (χ2n) is 4.55. The minimum Gasteiger partial charge on any atom is -0.382 e. The van der Waals surface area contributed by atoms with Gasteiger partial charge in [-0.25, -0.2) is 9.97 Å². The van der Waals surface area contributed by atoms with Gasteiger partial charge in [-0.1, -0.05) is 11.6 Å². The van der Waals surface area contributed by atoms with Crippen molar-refractivity contribution in [1.29, 1.82) is 0 Å². The van der Waals surface area contributed by atoms with Crippen LogP contribution in [0.5, 0.6) is 0 Å². The molecule has 0 bridgehead atoms. The fourth-order valence-corrected chi connectivity index (χ4v) is 2.18. The molecule has 1 aromatic heterocycles. The number of anilines is 2. The van der Waals surface area contributed by atoms with Crippen molar-refractivity contribution in [3.63, 3.8) is 0 Å². The van der Waals surface area contributed by atoms with Crippen LogP contribution in [-0.4, -0.2) is 41.5 Å². The summed E-state index contributed by atoms with van der Waals surface area (Å²) in [5.74, 6) is 1.64. The molecule has 0 radical (unpaired) electrons. The maximum atomic E-state index is 6.01. The first-order valence-electron chi connectivity index (χ1n) is 5.85. The summed E-state index contributed by atoms with van der Waals surface area (Å²) in [6, 6.07) is 0. The SMILES string of the molecule is CN1CCC(CNc2ncnc(N)c2Cl)CC1. The zero-order chi connectivity index (χ0) is 12.3. The molecule has 0 saturated carbocycles. The van der Waals surface area contributed by atoms with E-state index in [9.17, 15) is 0 Å². The fourth-order valence-electron chi connectivity index (χ4n) is 2.01. The van der Waals surface area contributed by atoms with Gasteiger partial charge in [-0.15, -0.1) is 0 Å². The predicted molar refractivity (Wildman–Crippen MR) is 70.2 cm³/mol. The third-order valence-electron chi connectivity index (χ3n) is 3.21. The average molecular weight is 256 g/mol. The normalized spacial score (nSPS) is 18.2. The van der Waals surface area contributed by atoms with Crippen molar-refractivity contribution in [2.75, 3.05) is 37.7 Å². The van der Waals surface area contributed by atoms with E-state index in [0.717, 1.165) is 19.6 Å². The Morgan fingerprint density at radius 2 is 2.18 bits per heavy atom. The Hall–Kier alpha value is -1.07. The minimum absolute atomic E-state index is 0.326. The number of piperidine rings is 1. The number of nitrogens with zero attached hydrogens (tertiary/aromatic N) is 3. The van der Waals surface area contributed by atoms with E-state index >= 15 is 0 Å². The van der Waals surface area contributed by atoms with E-state index in [0.29, 0.717) is 22.6 Å². The number of aromatic nitrogens is 2. The molecule has 1 aromatic rings. The Morgan fingerprint density at radius 1 is 1.47 bits per heavy atom. The number of hydrogen-bond donors (Lipinski definition) is 2. The highest BCUT2D eigenvalue weighted by Crippen LogP contribution is 2.24. The summed E-state index contributed by atoms with van der Waals surface area (Å²) >= 11 is 6.01. The van der Waals surface area contributed by atoms with Gasteiger partial charge < -0.3 is 16.0 Å². The molecule has 94 valence electrons. The number of nitrogen functional groups attached to an aromatic ring is 1. The van der Waals surface area contributed by atoms with Crippen LogP contribution >= 0.6 is 11.6 Å². The van der Waals surface area contributed by atoms with Crippen molar-refractivity contribution in [3.8, 4) is 0 Å². The standard InChI is InChI=1S/C11H18ClN5/c1-17-4-2-8(3-5-17)6-14-11-9(12)10(13)15-7-16-11/h7-8H,2-6H2,1H3,(H3,13,14,15,16). The van der Waals surface area contributed by atoms with Gasteiger partial charge in [0.2, 0.25) is 0 Å². The Kier molecular flexibility index (Phi) is 4.02. The van der Waals surface area contributed by atoms with Crippen molar-refractivity contribution in [3.05, 3.63) is 11.3 Å². The van der Waals surface area contributed by atoms with E-state index < -0.39 is 0 Å². The van der Waals surface area contributed by atoms with Gasteiger partial charge in [-0.3, -0.25) is 0 Å². The summed E-state index contributed by atoms with van der Waals surface area (Å²) < 4.78 is 0. The number of rotatable bonds is 3. The van der Waals surface area contributed by atoms with Crippen LogP contribution in [-0.2, 0) is 0 Å². The molecule has 1 saturated heterocycles. The van der Waals surface area contributed by atoms with Crippen LogP contribution in [0.4, 0.5) is 11.6 Å². The highest BCUT2D eigenvalue weighted by atomic mass is 35.5. The highest BCUT2D eigenvalue weighted by molar-refractivity contribution is 6.35. The van der Waals surface area contributed by atoms with Crippen LogP contribution in [0.3, 0.4) is 0 Å². The van der Waals surface area contributed by atoms with E-state index in [1.165, 1.54) is 19.2 Å². The fraction of sp³-hybridized carbons (Fsp3) is 0.636. The first-order chi connectivity index (χ1) is 8.16. The van der Waals surface area contributed by atoms with Crippen LogP contribution in [0.1, 0.15) is 12.8 Å². The molecule has 0 atom stereocenters. The number of halogens is 1. The lowest BCUT2D eigenvalue weighted by atomic mass is 9.97. The van der Waals surface area contributed by atoms with Crippen molar-refractivity contribution < 1.29 is 0 Å². The summed E-state index contributed by atoms with van der Waals surface area (Å²) in [5, 5.41) is 3.67. The monoisotopic (exact) mass is 255 g/mol. The average Bonchev–Trinajstić information content (AvgIpc) is 2.33. The first-order valence-corrected chi connectivity index (χ1v) is 6.23. The Bertz CT molecular complexity index is 376. The van der Waals surface area contributed by atoms with Gasteiger partial charge >= 0.3 is 0 Å². The van der Waals surface area contributed by atoms with Gasteiger partial charge in [-0.2, -0.15) is 0 Å². The molecule has 0 aliphatic carbocycles. The quantitative estimate of drug-likeness (QED) is 0.856. The Morgan fingerprint density at radius 3 is 2.88 bits per heavy atom. The molecule has 1 aliphatic rings. The molecular formula is C11H18ClN5. The smallest absolute Gasteiger partial charge is 0.150 e. The third-order valence-corrected chi connectivity index (χ3v) is 3.59. The molecule has 0 amide bonds. The second-order valence-corrected chi connectivity index (χ2v) is 4.93. The summed E-state index contributed by atoms with van der Waals surface area (Å²) in [5.41, 5.74) is 5.62. The zero-order valence-corrected chi connectivity index (χ0v) is 10.7. The maximum Gasteiger partial charge on any atom is 0.150 e. The largest absolute Gasteiger partial charge is 0.382 e. The van der Waals surface area contributed by atoms with Gasteiger partial charge in [-0.05, 0) is 38.9 Å². The van der Waals surface area contributed by atoms with Crippen molar-refractivity contribution in [2.45, 2.75) is 12.8 Å². The molecule has 2 heterocycles. The lowest BCUT2D eigenvalue weighted by molar-refractivity contribution is 0.226. The Labute approximate surface area is 106 Å². The van der Waals surface area contributed by atoms with Gasteiger partial charge in [0.25, 0.3) is 0 Å². The van der Waals surface area contributed by atoms with Gasteiger partial charge in [0.05, 0.1) is 0 Å². The number of nitrogens with two attached hydrogens (primary N) is 1. The van der Waals surface area contributed by atoms with Crippen LogP contribution in [0, 0.1) is 5.92 Å². The lowest BCUT2D eigenvalue weighted by Gasteiger charge is -2.29. The van der Waals surface area contributed by atoms with Crippen LogP contribution in [0.2, 0.25) is 5.02 Å². The number of nitrogens with one attached hydrogen (secondary N) is 1. The molecule has 3 N–H and O–H groups in total. The zero-order valence-electron chi connectivity index (χ0n) is 9.99.